The van der Waals surface area contributed by atoms with E-state index in [1.54, 1.807) is 52.2 Å². The van der Waals surface area contributed by atoms with Gasteiger partial charge in [0.15, 0.2) is 5.72 Å². The molecule has 1 aromatic rings. The fraction of sp³-hybridized carbons (Fsp3) is 0.658. The zero-order valence-corrected chi connectivity index (χ0v) is 34.0. The molecule has 13 nitrogen and oxygen atoms in total. The minimum absolute atomic E-state index is 0.0412. The molecule has 15 heteroatoms. The third-order valence-electron chi connectivity index (χ3n) is 10.6. The maximum atomic E-state index is 14.1. The normalized spacial score (nSPS) is 32.4. The van der Waals surface area contributed by atoms with Gasteiger partial charge in [-0.1, -0.05) is 56.2 Å². The number of nitrogens with one attached hydrogen (secondary N) is 1. The molecule has 0 spiro atoms. The van der Waals surface area contributed by atoms with E-state index < -0.39 is 71.9 Å². The number of anilines is 1. The second-order valence-electron chi connectivity index (χ2n) is 15.4. The van der Waals surface area contributed by atoms with Crippen LogP contribution in [0.15, 0.2) is 35.9 Å². The number of halogens is 1. The maximum absolute atomic E-state index is 14.1. The Labute approximate surface area is 323 Å². The maximum Gasteiger partial charge on any atom is 0.409 e. The minimum Gasteiger partial charge on any atom is -0.495 e. The number of epoxide rings is 1. The van der Waals surface area contributed by atoms with Crippen molar-refractivity contribution in [2.45, 2.75) is 126 Å². The summed E-state index contributed by atoms with van der Waals surface area (Å²) in [6.45, 7) is 11.0. The SMILES string of the molecule is COc1cc2cc(c1Cl)N(C)C(=O)CC(OC(=O)C(C)N(C)C(O)CCC(C)(C)S)C1(C)OC1C(C)C1CC(O)(NC(=O)O1)C(OC)/C=C/C=C(\C)C2. The Hall–Kier alpha value is -2.85. The number of hydrogen-bond acceptors (Lipinski definition) is 12. The van der Waals surface area contributed by atoms with Crippen LogP contribution in [0, 0.1) is 5.92 Å². The van der Waals surface area contributed by atoms with Gasteiger partial charge >= 0.3 is 12.1 Å². The molecule has 0 aliphatic carbocycles. The Morgan fingerprint density at radius 3 is 2.58 bits per heavy atom. The van der Waals surface area contributed by atoms with Gasteiger partial charge in [-0.05, 0) is 64.8 Å². The highest BCUT2D eigenvalue weighted by Crippen LogP contribution is 2.49. The molecular formula is C38H56ClN3O10S. The predicted molar refractivity (Wildman–Crippen MR) is 204 cm³/mol. The van der Waals surface area contributed by atoms with Crippen molar-refractivity contribution in [3.05, 3.63) is 46.5 Å². The summed E-state index contributed by atoms with van der Waals surface area (Å²) >= 11 is 11.3. The van der Waals surface area contributed by atoms with Crippen LogP contribution in [0.25, 0.3) is 0 Å². The smallest absolute Gasteiger partial charge is 0.409 e. The summed E-state index contributed by atoms with van der Waals surface area (Å²) < 4.78 is 29.0. The zero-order chi connectivity index (χ0) is 39.6. The number of methoxy groups -OCH3 is 2. The van der Waals surface area contributed by atoms with Crippen LogP contribution in [0.2, 0.25) is 5.02 Å². The molecule has 3 aliphatic rings. The number of likely N-dealkylation sites (N-methyl/N-ethyl adjacent to an activating group) is 1. The molecule has 4 rings (SSSR count). The first-order chi connectivity index (χ1) is 24.6. The number of carbonyl (C=O) groups excluding carboxylic acids is 3. The standard InChI is InChI=1S/C38H56ClN3O10S/c1-21-12-11-13-28(49-10)38(47)20-27(50-35(46)40-38)22(2)33-37(6,52-33)29(51-34(45)23(3)41(7)30(43)14-15-36(4,5)53)19-31(44)42(8)25-17-24(16-21)18-26(48-9)32(25)39/h11-13,17-18,22-23,27-30,33,43,47,53H,14-16,19-20H2,1-10H3,(H,40,46)/b13-11+,21-12+. The number of thiol groups is 1. The molecule has 3 aliphatic heterocycles. The van der Waals surface area contributed by atoms with Gasteiger partial charge in [-0.15, -0.1) is 0 Å². The number of amides is 2. The quantitative estimate of drug-likeness (QED) is 0.118. The number of allylic oxidation sites excluding steroid dienone is 3. The van der Waals surface area contributed by atoms with E-state index in [1.165, 1.54) is 24.0 Å². The molecule has 9 unspecified atom stereocenters. The third-order valence-corrected chi connectivity index (χ3v) is 11.2. The number of aliphatic hydroxyl groups is 2. The van der Waals surface area contributed by atoms with Gasteiger partial charge in [0.25, 0.3) is 0 Å². The van der Waals surface area contributed by atoms with Crippen LogP contribution in [0.3, 0.4) is 0 Å². The Morgan fingerprint density at radius 1 is 1.28 bits per heavy atom. The van der Waals surface area contributed by atoms with E-state index >= 15 is 0 Å². The van der Waals surface area contributed by atoms with Gasteiger partial charge in [-0.2, -0.15) is 12.6 Å². The van der Waals surface area contributed by atoms with E-state index in [-0.39, 0.29) is 22.6 Å². The summed E-state index contributed by atoms with van der Waals surface area (Å²) in [5.74, 6) is -1.22. The molecular weight excluding hydrogens is 726 g/mol. The molecule has 0 aromatic heterocycles. The number of benzene rings is 1. The Kier molecular flexibility index (Phi) is 13.7. The van der Waals surface area contributed by atoms with Crippen LogP contribution in [-0.4, -0.2) is 114 Å². The molecule has 3 heterocycles. The second-order valence-corrected chi connectivity index (χ2v) is 17.0. The lowest BCUT2D eigenvalue weighted by Crippen LogP contribution is -2.63. The van der Waals surface area contributed by atoms with Crippen molar-refractivity contribution >= 4 is 47.9 Å². The molecule has 53 heavy (non-hydrogen) atoms. The molecule has 0 radical (unpaired) electrons. The van der Waals surface area contributed by atoms with E-state index in [4.69, 9.17) is 35.3 Å². The first-order valence-electron chi connectivity index (χ1n) is 17.9. The van der Waals surface area contributed by atoms with Crippen molar-refractivity contribution in [1.29, 1.82) is 0 Å². The van der Waals surface area contributed by atoms with Gasteiger partial charge in [-0.25, -0.2) is 4.79 Å². The van der Waals surface area contributed by atoms with Crippen molar-refractivity contribution in [2.75, 3.05) is 33.2 Å². The lowest BCUT2D eigenvalue weighted by Gasteiger charge is -2.42. The summed E-state index contributed by atoms with van der Waals surface area (Å²) in [5, 5.41) is 25.4. The molecule has 2 fully saturated rings. The topological polar surface area (TPSA) is 160 Å². The Morgan fingerprint density at radius 2 is 1.96 bits per heavy atom. The van der Waals surface area contributed by atoms with Gasteiger partial charge in [0, 0.05) is 31.2 Å². The molecule has 3 N–H and O–H groups in total. The number of nitrogens with zero attached hydrogens (tertiary/aromatic N) is 2. The lowest BCUT2D eigenvalue weighted by atomic mass is 9.83. The highest BCUT2D eigenvalue weighted by molar-refractivity contribution is 7.81. The lowest BCUT2D eigenvalue weighted by molar-refractivity contribution is -0.163. The number of ether oxygens (including phenoxy) is 5. The van der Waals surface area contributed by atoms with Crippen LogP contribution >= 0.6 is 24.2 Å². The number of esters is 1. The van der Waals surface area contributed by atoms with Crippen molar-refractivity contribution in [3.63, 3.8) is 0 Å². The van der Waals surface area contributed by atoms with Gasteiger partial charge in [0.05, 0.1) is 25.3 Å². The molecule has 296 valence electrons. The van der Waals surface area contributed by atoms with Crippen LogP contribution in [0.4, 0.5) is 10.5 Å². The van der Waals surface area contributed by atoms with E-state index in [2.05, 4.69) is 17.9 Å². The van der Waals surface area contributed by atoms with E-state index in [9.17, 15) is 24.6 Å². The van der Waals surface area contributed by atoms with Gasteiger partial charge in [-0.3, -0.25) is 19.8 Å². The first-order valence-corrected chi connectivity index (χ1v) is 18.7. The van der Waals surface area contributed by atoms with Gasteiger partial charge in [0.2, 0.25) is 5.91 Å². The fourth-order valence-corrected chi connectivity index (χ4v) is 7.40. The molecule has 2 saturated heterocycles. The monoisotopic (exact) mass is 781 g/mol. The molecule has 9 atom stereocenters. The van der Waals surface area contributed by atoms with E-state index in [0.717, 1.165) is 11.1 Å². The van der Waals surface area contributed by atoms with Crippen molar-refractivity contribution < 1.29 is 48.3 Å². The van der Waals surface area contributed by atoms with Gasteiger partial charge < -0.3 is 38.8 Å². The fourth-order valence-electron chi connectivity index (χ4n) is 6.95. The molecule has 1 aromatic carbocycles. The summed E-state index contributed by atoms with van der Waals surface area (Å²) in [5.41, 5.74) is -0.860. The number of alkyl carbamates (subject to hydrolysis) is 1. The molecule has 4 bridgehead atoms. The van der Waals surface area contributed by atoms with E-state index in [1.807, 2.05) is 33.8 Å². The zero-order valence-electron chi connectivity index (χ0n) is 32.3. The summed E-state index contributed by atoms with van der Waals surface area (Å²) in [7, 11) is 6.15. The van der Waals surface area contributed by atoms with E-state index in [0.29, 0.717) is 30.7 Å². The first kappa shape index (κ1) is 42.9. The van der Waals surface area contributed by atoms with Crippen LogP contribution in [0.1, 0.15) is 72.8 Å². The second kappa shape index (κ2) is 16.9. The number of rotatable bonds is 9. The number of hydrogen-bond donors (Lipinski definition) is 4. The molecule has 2 amide bonds. The number of aliphatic hydroxyl groups excluding tert-OH is 1. The van der Waals surface area contributed by atoms with Crippen molar-refractivity contribution in [1.82, 2.24) is 10.2 Å². The Balaban J connectivity index is 1.74. The minimum atomic E-state index is -1.82. The summed E-state index contributed by atoms with van der Waals surface area (Å²) in [6.07, 6.45) is 1.08. The Bertz CT molecular complexity index is 1590. The highest BCUT2D eigenvalue weighted by Gasteiger charge is 2.64. The largest absolute Gasteiger partial charge is 0.495 e. The van der Waals surface area contributed by atoms with Crippen LogP contribution in [0.5, 0.6) is 5.75 Å². The predicted octanol–water partition coefficient (Wildman–Crippen LogP) is 4.79. The van der Waals surface area contributed by atoms with Crippen LogP contribution < -0.4 is 15.0 Å². The van der Waals surface area contributed by atoms with Crippen LogP contribution in [-0.2, 0) is 35.0 Å². The highest BCUT2D eigenvalue weighted by atomic mass is 35.5. The third kappa shape index (κ3) is 10.1. The average molecular weight is 782 g/mol. The average Bonchev–Trinajstić information content (AvgIpc) is 3.78. The van der Waals surface area contributed by atoms with Crippen molar-refractivity contribution in [3.8, 4) is 5.75 Å². The van der Waals surface area contributed by atoms with Crippen molar-refractivity contribution in [2.24, 2.45) is 5.92 Å². The number of fused-ring (bicyclic) bond motifs is 5. The van der Waals surface area contributed by atoms with Gasteiger partial charge in [0.1, 0.15) is 47.0 Å². The summed E-state index contributed by atoms with van der Waals surface area (Å²) in [6, 6.07) is 2.72. The summed E-state index contributed by atoms with van der Waals surface area (Å²) in [4.78, 5) is 43.7. The number of carbonyl (C=O) groups is 3. The molecule has 0 saturated carbocycles.